The summed E-state index contributed by atoms with van der Waals surface area (Å²) in [6.07, 6.45) is 3.58. The van der Waals surface area contributed by atoms with Gasteiger partial charge >= 0.3 is 0 Å². The molecule has 0 bridgehead atoms. The van der Waals surface area contributed by atoms with Crippen molar-refractivity contribution < 1.29 is 18.4 Å². The number of halogens is 3. The topological polar surface area (TPSA) is 63.2 Å². The van der Waals surface area contributed by atoms with Crippen LogP contribution in [0.2, 0.25) is 5.02 Å². The van der Waals surface area contributed by atoms with Gasteiger partial charge in [0, 0.05) is 10.4 Å². The first-order valence-electron chi connectivity index (χ1n) is 8.74. The molecule has 0 atom stereocenters. The number of pyridine rings is 1. The highest BCUT2D eigenvalue weighted by Crippen LogP contribution is 2.30. The number of anilines is 2. The monoisotopic (exact) mass is 403 g/mol. The minimum atomic E-state index is -1.16. The third-order valence-corrected chi connectivity index (χ3v) is 4.67. The van der Waals surface area contributed by atoms with Crippen molar-refractivity contribution in [3.05, 3.63) is 64.8 Å². The summed E-state index contributed by atoms with van der Waals surface area (Å²) in [5.74, 6) is -2.45. The Balaban J connectivity index is 1.61. The molecule has 8 heteroatoms. The van der Waals surface area contributed by atoms with E-state index in [1.165, 1.54) is 12.3 Å². The van der Waals surface area contributed by atoms with Crippen LogP contribution in [0.15, 0.2) is 42.6 Å². The molecule has 0 aliphatic heterocycles. The number of hydrogen-bond acceptors (Lipinski definition) is 4. The zero-order chi connectivity index (χ0) is 19.7. The van der Waals surface area contributed by atoms with Crippen molar-refractivity contribution in [1.29, 1.82) is 0 Å². The minimum Gasteiger partial charge on any atom is -0.351 e. The maximum Gasteiger partial charge on any atom is 0.277 e. The second-order valence-corrected chi connectivity index (χ2v) is 7.09. The number of rotatable bonds is 6. The van der Waals surface area contributed by atoms with Crippen LogP contribution in [-0.4, -0.2) is 17.5 Å². The Hall–Kier alpha value is -2.77. The van der Waals surface area contributed by atoms with Crippen LogP contribution < -0.4 is 10.8 Å². The lowest BCUT2D eigenvalue weighted by Gasteiger charge is -2.14. The van der Waals surface area contributed by atoms with E-state index in [0.29, 0.717) is 28.8 Å². The second kappa shape index (κ2) is 7.69. The third kappa shape index (κ3) is 4.05. The van der Waals surface area contributed by atoms with Crippen LogP contribution in [0, 0.1) is 17.6 Å². The highest BCUT2D eigenvalue weighted by atomic mass is 35.5. The Bertz CT molecular complexity index is 1060. The second-order valence-electron chi connectivity index (χ2n) is 6.66. The van der Waals surface area contributed by atoms with Gasteiger partial charge in [-0.3, -0.25) is 14.6 Å². The highest BCUT2D eigenvalue weighted by molar-refractivity contribution is 6.31. The molecule has 1 heterocycles. The number of carbonyl (C=O) groups excluding carboxylic acids is 1. The molecule has 1 fully saturated rings. The van der Waals surface area contributed by atoms with Gasteiger partial charge in [-0.2, -0.15) is 0 Å². The fraction of sp³-hybridized carbons (Fsp3) is 0.200. The Morgan fingerprint density at radius 3 is 2.82 bits per heavy atom. The van der Waals surface area contributed by atoms with Crippen molar-refractivity contribution in [2.24, 2.45) is 5.92 Å². The van der Waals surface area contributed by atoms with Crippen LogP contribution in [0.5, 0.6) is 0 Å². The molecule has 2 aromatic carbocycles. The molecule has 0 radical (unpaired) electrons. The molecular weight excluding hydrogens is 388 g/mol. The molecule has 1 saturated carbocycles. The van der Waals surface area contributed by atoms with E-state index in [0.717, 1.165) is 24.3 Å². The number of nitrogens with one attached hydrogen (secondary N) is 2. The summed E-state index contributed by atoms with van der Waals surface area (Å²) in [6, 6.07) is 8.96. The molecule has 1 aliphatic carbocycles. The van der Waals surface area contributed by atoms with Crippen LogP contribution in [0.3, 0.4) is 0 Å². The van der Waals surface area contributed by atoms with Crippen molar-refractivity contribution in [3.8, 4) is 0 Å². The molecule has 0 saturated heterocycles. The van der Waals surface area contributed by atoms with Gasteiger partial charge in [-0.1, -0.05) is 17.7 Å². The SMILES string of the molecule is O=C(NOCC1CC1)c1ccc(F)c(F)c1Nc1cnc2cc(Cl)ccc2c1. The first-order valence-corrected chi connectivity index (χ1v) is 9.11. The van der Waals surface area contributed by atoms with Crippen molar-refractivity contribution in [2.75, 3.05) is 11.9 Å². The summed E-state index contributed by atoms with van der Waals surface area (Å²) in [6.45, 7) is 0.398. The van der Waals surface area contributed by atoms with E-state index in [1.807, 2.05) is 0 Å². The zero-order valence-corrected chi connectivity index (χ0v) is 15.4. The average molecular weight is 404 g/mol. The maximum absolute atomic E-state index is 14.4. The maximum atomic E-state index is 14.4. The summed E-state index contributed by atoms with van der Waals surface area (Å²) in [4.78, 5) is 21.8. The van der Waals surface area contributed by atoms with Gasteiger partial charge in [0.25, 0.3) is 5.91 Å². The van der Waals surface area contributed by atoms with E-state index < -0.39 is 17.5 Å². The van der Waals surface area contributed by atoms with Crippen LogP contribution in [0.1, 0.15) is 23.2 Å². The summed E-state index contributed by atoms with van der Waals surface area (Å²) in [5, 5.41) is 4.05. The van der Waals surface area contributed by atoms with Crippen LogP contribution in [-0.2, 0) is 4.84 Å². The molecule has 4 rings (SSSR count). The number of fused-ring (bicyclic) bond motifs is 1. The quantitative estimate of drug-likeness (QED) is 0.570. The van der Waals surface area contributed by atoms with E-state index in [4.69, 9.17) is 16.4 Å². The van der Waals surface area contributed by atoms with Crippen molar-refractivity contribution >= 4 is 39.8 Å². The number of hydrogen-bond donors (Lipinski definition) is 2. The molecule has 5 nitrogen and oxygen atoms in total. The molecule has 3 aromatic rings. The van der Waals surface area contributed by atoms with Gasteiger partial charge in [0.15, 0.2) is 11.6 Å². The van der Waals surface area contributed by atoms with E-state index >= 15 is 0 Å². The van der Waals surface area contributed by atoms with E-state index in [-0.39, 0.29) is 11.3 Å². The summed E-state index contributed by atoms with van der Waals surface area (Å²) >= 11 is 5.94. The van der Waals surface area contributed by atoms with Crippen LogP contribution >= 0.6 is 11.6 Å². The lowest BCUT2D eigenvalue weighted by atomic mass is 10.1. The lowest BCUT2D eigenvalue weighted by Crippen LogP contribution is -2.26. The van der Waals surface area contributed by atoms with Gasteiger partial charge in [0.1, 0.15) is 0 Å². The number of amides is 1. The molecular formula is C20H16ClF2N3O2. The fourth-order valence-corrected chi connectivity index (χ4v) is 2.90. The molecule has 1 aliphatic rings. The van der Waals surface area contributed by atoms with E-state index in [2.05, 4.69) is 15.8 Å². The Morgan fingerprint density at radius 2 is 2.04 bits per heavy atom. The molecule has 1 aromatic heterocycles. The van der Waals surface area contributed by atoms with Gasteiger partial charge in [-0.05, 0) is 49.1 Å². The fourth-order valence-electron chi connectivity index (χ4n) is 2.73. The Kier molecular flexibility index (Phi) is 5.11. The van der Waals surface area contributed by atoms with Crippen molar-refractivity contribution in [1.82, 2.24) is 10.5 Å². The largest absolute Gasteiger partial charge is 0.351 e. The normalized spacial score (nSPS) is 13.5. The van der Waals surface area contributed by atoms with Crippen LogP contribution in [0.25, 0.3) is 10.9 Å². The van der Waals surface area contributed by atoms with Crippen molar-refractivity contribution in [2.45, 2.75) is 12.8 Å². The predicted molar refractivity (Wildman–Crippen MR) is 103 cm³/mol. The predicted octanol–water partition coefficient (Wildman–Crippen LogP) is 4.98. The number of nitrogens with zero attached hydrogens (tertiary/aromatic N) is 1. The first-order chi connectivity index (χ1) is 13.5. The van der Waals surface area contributed by atoms with Crippen molar-refractivity contribution in [3.63, 3.8) is 0 Å². The minimum absolute atomic E-state index is 0.0779. The molecule has 0 unspecified atom stereocenters. The summed E-state index contributed by atoms with van der Waals surface area (Å²) < 4.78 is 28.2. The van der Waals surface area contributed by atoms with Crippen LogP contribution in [0.4, 0.5) is 20.2 Å². The lowest BCUT2D eigenvalue weighted by molar-refractivity contribution is 0.0270. The first kappa shape index (κ1) is 18.6. The molecule has 28 heavy (non-hydrogen) atoms. The van der Waals surface area contributed by atoms with E-state index in [1.54, 1.807) is 24.3 Å². The Labute approximate surface area is 164 Å². The number of aromatic nitrogens is 1. The molecule has 2 N–H and O–H groups in total. The molecule has 0 spiro atoms. The number of hydroxylamine groups is 1. The van der Waals surface area contributed by atoms with Gasteiger partial charge in [0.2, 0.25) is 0 Å². The summed E-state index contributed by atoms with van der Waals surface area (Å²) in [7, 11) is 0. The van der Waals surface area contributed by atoms with E-state index in [9.17, 15) is 13.6 Å². The van der Waals surface area contributed by atoms with Gasteiger partial charge in [-0.25, -0.2) is 14.3 Å². The smallest absolute Gasteiger partial charge is 0.277 e. The highest BCUT2D eigenvalue weighted by Gasteiger charge is 2.23. The Morgan fingerprint density at radius 1 is 1.21 bits per heavy atom. The standard InChI is InChI=1S/C20H16ClF2N3O2/c21-13-4-3-12-7-14(9-24-17(12)8-13)25-19-15(5-6-16(22)18(19)23)20(27)26-28-10-11-1-2-11/h3-9,11,25H,1-2,10H2,(H,26,27). The zero-order valence-electron chi connectivity index (χ0n) is 14.6. The summed E-state index contributed by atoms with van der Waals surface area (Å²) in [5.41, 5.74) is 2.97. The third-order valence-electron chi connectivity index (χ3n) is 4.44. The molecule has 144 valence electrons. The van der Waals surface area contributed by atoms with Gasteiger partial charge in [-0.15, -0.1) is 0 Å². The number of carbonyl (C=O) groups is 1. The van der Waals surface area contributed by atoms with Gasteiger partial charge < -0.3 is 5.32 Å². The number of benzene rings is 2. The molecule has 1 amide bonds. The average Bonchev–Trinajstić information content (AvgIpc) is 3.50. The van der Waals surface area contributed by atoms with Gasteiger partial charge in [0.05, 0.1) is 35.3 Å².